The minimum atomic E-state index is -1.66. The first-order valence-electron chi connectivity index (χ1n) is 13.5. The molecule has 2 heterocycles. The van der Waals surface area contributed by atoms with Crippen molar-refractivity contribution in [1.29, 1.82) is 0 Å². The van der Waals surface area contributed by atoms with E-state index in [1.54, 1.807) is 45.2 Å². The Balaban J connectivity index is 1.59. The summed E-state index contributed by atoms with van der Waals surface area (Å²) in [4.78, 5) is 31.5. The molecule has 10 nitrogen and oxygen atoms in total. The third-order valence-electron chi connectivity index (χ3n) is 7.64. The number of nitrogens with zero attached hydrogens (tertiary/aromatic N) is 2. The summed E-state index contributed by atoms with van der Waals surface area (Å²) in [5.74, 6) is -0.361. The van der Waals surface area contributed by atoms with Crippen LogP contribution in [0.25, 0.3) is 10.9 Å². The largest absolute Gasteiger partial charge is 0.504 e. The highest BCUT2D eigenvalue weighted by molar-refractivity contribution is 5.92. The second-order valence-electron chi connectivity index (χ2n) is 11.3. The van der Waals surface area contributed by atoms with Crippen molar-refractivity contribution < 1.29 is 34.0 Å². The Morgan fingerprint density at radius 3 is 2.61 bits per heavy atom. The number of anilines is 1. The van der Waals surface area contributed by atoms with Crippen LogP contribution in [-0.4, -0.2) is 74.7 Å². The molecule has 0 aliphatic carbocycles. The maximum absolute atomic E-state index is 13.8. The molecule has 1 aliphatic rings. The number of halogens is 1. The average Bonchev–Trinajstić information content (AvgIpc) is 2.95. The van der Waals surface area contributed by atoms with Gasteiger partial charge in [-0.05, 0) is 35.6 Å². The number of rotatable bonds is 9. The Bertz CT molecular complexity index is 1380. The zero-order valence-electron chi connectivity index (χ0n) is 23.4. The molecule has 3 aromatic rings. The Hall–Kier alpha value is -4.12. The van der Waals surface area contributed by atoms with Crippen LogP contribution >= 0.6 is 0 Å². The number of alkyl halides is 1. The summed E-state index contributed by atoms with van der Waals surface area (Å²) in [5, 5.41) is 36.4. The van der Waals surface area contributed by atoms with Gasteiger partial charge in [-0.15, -0.1) is 0 Å². The topological polar surface area (TPSA) is 144 Å². The third kappa shape index (κ3) is 6.30. The van der Waals surface area contributed by atoms with Crippen LogP contribution in [0.2, 0.25) is 0 Å². The highest BCUT2D eigenvalue weighted by Gasteiger charge is 2.57. The number of ether oxygens (including phenoxy) is 1. The van der Waals surface area contributed by atoms with Crippen molar-refractivity contribution >= 4 is 28.6 Å². The van der Waals surface area contributed by atoms with Gasteiger partial charge in [-0.25, -0.2) is 9.18 Å². The molecule has 1 unspecified atom stereocenters. The van der Waals surface area contributed by atoms with Crippen LogP contribution in [0.3, 0.4) is 0 Å². The molecule has 0 radical (unpaired) electrons. The molecule has 220 valence electrons. The summed E-state index contributed by atoms with van der Waals surface area (Å²) in [6, 6.07) is 14.4. The van der Waals surface area contributed by atoms with Crippen LogP contribution in [0.15, 0.2) is 54.7 Å². The molecule has 4 rings (SSSR count). The van der Waals surface area contributed by atoms with E-state index in [2.05, 4.69) is 15.6 Å². The molecule has 2 amide bonds. The molecule has 11 heteroatoms. The second-order valence-corrected chi connectivity index (χ2v) is 11.3. The monoisotopic (exact) mass is 568 g/mol. The zero-order valence-corrected chi connectivity index (χ0v) is 23.4. The van der Waals surface area contributed by atoms with Gasteiger partial charge in [-0.1, -0.05) is 51.1 Å². The predicted octanol–water partition coefficient (Wildman–Crippen LogP) is 4.31. The summed E-state index contributed by atoms with van der Waals surface area (Å²) < 4.78 is 19.6. The fraction of sp³-hybridized carbons (Fsp3) is 0.433. The summed E-state index contributed by atoms with van der Waals surface area (Å²) in [5.41, 5.74) is -0.276. The summed E-state index contributed by atoms with van der Waals surface area (Å²) >= 11 is 0. The lowest BCUT2D eigenvalue weighted by atomic mass is 9.66. The third-order valence-corrected chi connectivity index (χ3v) is 7.64. The van der Waals surface area contributed by atoms with E-state index in [0.29, 0.717) is 28.8 Å². The predicted molar refractivity (Wildman–Crippen MR) is 153 cm³/mol. The lowest BCUT2D eigenvalue weighted by molar-refractivity contribution is -0.144. The molecular formula is C30H37FN4O6. The number of fused-ring (bicyclic) bond motifs is 1. The molecule has 1 fully saturated rings. The number of benzene rings is 2. The number of nitrogens with one attached hydrogen (secondary N) is 2. The van der Waals surface area contributed by atoms with Gasteiger partial charge in [0.1, 0.15) is 18.3 Å². The number of amides is 2. The number of carbonyl (C=O) groups excluding carboxylic acids is 1. The molecule has 1 aromatic heterocycles. The van der Waals surface area contributed by atoms with E-state index in [0.717, 1.165) is 10.5 Å². The smallest absolute Gasteiger partial charge is 0.408 e. The number of aliphatic hydroxyl groups is 1. The number of hydrogen-bond donors (Lipinski definition) is 5. The molecule has 0 saturated carbocycles. The molecule has 1 saturated heterocycles. The number of carboxylic acid groups (broad SMARTS) is 1. The van der Waals surface area contributed by atoms with Crippen LogP contribution in [0.5, 0.6) is 11.5 Å². The van der Waals surface area contributed by atoms with E-state index in [1.807, 2.05) is 30.3 Å². The van der Waals surface area contributed by atoms with Gasteiger partial charge in [0.05, 0.1) is 30.6 Å². The first-order chi connectivity index (χ1) is 19.5. The number of carbonyl (C=O) groups is 2. The molecule has 3 atom stereocenters. The van der Waals surface area contributed by atoms with E-state index in [-0.39, 0.29) is 31.4 Å². The van der Waals surface area contributed by atoms with Gasteiger partial charge in [0.25, 0.3) is 0 Å². The van der Waals surface area contributed by atoms with Crippen LogP contribution < -0.4 is 15.4 Å². The Labute approximate surface area is 238 Å². The second kappa shape index (κ2) is 12.2. The van der Waals surface area contributed by atoms with Crippen molar-refractivity contribution in [2.45, 2.75) is 58.0 Å². The van der Waals surface area contributed by atoms with Gasteiger partial charge in [-0.3, -0.25) is 14.7 Å². The van der Waals surface area contributed by atoms with Crippen molar-refractivity contribution in [3.05, 3.63) is 60.3 Å². The van der Waals surface area contributed by atoms with Gasteiger partial charge in [-0.2, -0.15) is 0 Å². The molecule has 0 spiro atoms. The number of likely N-dealkylation sites (tertiary alicyclic amines) is 1. The van der Waals surface area contributed by atoms with Crippen molar-refractivity contribution in [3.63, 3.8) is 0 Å². The number of phenolic OH excluding ortho intramolecular Hbond substituents is 1. The number of piperidine rings is 1. The van der Waals surface area contributed by atoms with Gasteiger partial charge < -0.3 is 30.7 Å². The number of aromatic hydroxyl groups is 1. The Morgan fingerprint density at radius 2 is 1.95 bits per heavy atom. The first kappa shape index (κ1) is 29.9. The van der Waals surface area contributed by atoms with Gasteiger partial charge in [0.15, 0.2) is 11.5 Å². The van der Waals surface area contributed by atoms with Gasteiger partial charge in [0.2, 0.25) is 5.91 Å². The fourth-order valence-corrected chi connectivity index (χ4v) is 5.44. The summed E-state index contributed by atoms with van der Waals surface area (Å²) in [7, 11) is 0. The van der Waals surface area contributed by atoms with Crippen molar-refractivity contribution in [3.8, 4) is 11.5 Å². The van der Waals surface area contributed by atoms with Crippen molar-refractivity contribution in [2.75, 3.05) is 25.0 Å². The molecule has 5 N–H and O–H groups in total. The van der Waals surface area contributed by atoms with E-state index in [1.165, 1.54) is 0 Å². The SMILES string of the molecule is CC(C)(C)[C@]1(C(=O)NCC(F)CO)C[C@@H](Nc2cnc3ccc(OCc4ccccc4)c(O)c3c2)CCN1C(=O)O. The number of pyridine rings is 1. The molecule has 1 aliphatic heterocycles. The first-order valence-corrected chi connectivity index (χ1v) is 13.5. The van der Waals surface area contributed by atoms with Gasteiger partial charge >= 0.3 is 6.09 Å². The standard InChI is InChI=1S/C30H37FN4O6/c1-29(2,3)30(27(38)33-15-20(31)17-36)14-21(11-12-35(30)28(39)40)34-22-13-23-24(32-16-22)9-10-25(26(23)37)41-18-19-7-5-4-6-8-19/h4-10,13,16,20-21,34,36-37H,11-12,14-15,17-18H2,1-3H3,(H,33,38)(H,39,40)/t20?,21-,30+/m0/s1. The van der Waals surface area contributed by atoms with E-state index in [9.17, 15) is 24.2 Å². The van der Waals surface area contributed by atoms with Crippen LogP contribution in [0, 0.1) is 5.41 Å². The maximum Gasteiger partial charge on any atom is 0.408 e. The number of phenols is 1. The van der Waals surface area contributed by atoms with Crippen molar-refractivity contribution in [2.24, 2.45) is 5.41 Å². The Kier molecular flexibility index (Phi) is 8.86. The normalized spacial score (nSPS) is 19.9. The lowest BCUT2D eigenvalue weighted by Crippen LogP contribution is -2.71. The number of aliphatic hydroxyl groups excluding tert-OH is 1. The number of aromatic nitrogens is 1. The molecular weight excluding hydrogens is 531 g/mol. The van der Waals surface area contributed by atoms with E-state index < -0.39 is 42.3 Å². The van der Waals surface area contributed by atoms with E-state index >= 15 is 0 Å². The quantitative estimate of drug-likeness (QED) is 0.257. The van der Waals surface area contributed by atoms with Crippen molar-refractivity contribution in [1.82, 2.24) is 15.2 Å². The summed E-state index contributed by atoms with van der Waals surface area (Å²) in [6.07, 6.45) is -0.778. The molecule has 41 heavy (non-hydrogen) atoms. The molecule has 0 bridgehead atoms. The fourth-order valence-electron chi connectivity index (χ4n) is 5.44. The minimum Gasteiger partial charge on any atom is -0.504 e. The van der Waals surface area contributed by atoms with Gasteiger partial charge in [0, 0.05) is 24.4 Å². The minimum absolute atomic E-state index is 0.0525. The van der Waals surface area contributed by atoms with Crippen LogP contribution in [0.1, 0.15) is 39.2 Å². The highest BCUT2D eigenvalue weighted by atomic mass is 19.1. The van der Waals surface area contributed by atoms with Crippen LogP contribution in [0.4, 0.5) is 14.9 Å². The lowest BCUT2D eigenvalue weighted by Gasteiger charge is -2.54. The maximum atomic E-state index is 13.8. The summed E-state index contributed by atoms with van der Waals surface area (Å²) in [6.45, 7) is 4.49. The van der Waals surface area contributed by atoms with E-state index in [4.69, 9.17) is 9.84 Å². The average molecular weight is 569 g/mol. The zero-order chi connectivity index (χ0) is 29.8. The highest BCUT2D eigenvalue weighted by Crippen LogP contribution is 2.44. The Morgan fingerprint density at radius 1 is 1.22 bits per heavy atom. The number of hydrogen-bond acceptors (Lipinski definition) is 7. The van der Waals surface area contributed by atoms with Crippen LogP contribution in [-0.2, 0) is 11.4 Å². The molecule has 2 aromatic carbocycles.